The van der Waals surface area contributed by atoms with Gasteiger partial charge in [-0.25, -0.2) is 13.1 Å². The molecule has 3 aromatic carbocycles. The van der Waals surface area contributed by atoms with E-state index < -0.39 is 15.9 Å². The number of aryl methyl sites for hydroxylation is 2. The fourth-order valence-electron chi connectivity index (χ4n) is 3.73. The van der Waals surface area contributed by atoms with E-state index in [4.69, 9.17) is 27.9 Å². The number of nitrogens with zero attached hydrogens (tertiary/aromatic N) is 1. The van der Waals surface area contributed by atoms with E-state index in [0.29, 0.717) is 22.3 Å². The van der Waals surface area contributed by atoms with Crippen LogP contribution in [-0.2, 0) is 16.6 Å². The Kier molecular flexibility index (Phi) is 6.89. The fraction of sp³-hybridized carbons (Fsp3) is 0.160. The second kappa shape index (κ2) is 9.70. The van der Waals surface area contributed by atoms with Crippen molar-refractivity contribution in [2.24, 2.45) is 0 Å². The highest BCUT2D eigenvalue weighted by Gasteiger charge is 2.22. The van der Waals surface area contributed by atoms with Crippen molar-refractivity contribution in [2.75, 3.05) is 6.61 Å². The lowest BCUT2D eigenvalue weighted by Crippen LogP contribution is -2.32. The quantitative estimate of drug-likeness (QED) is 0.338. The number of carbonyl (C=O) groups is 1. The molecule has 176 valence electrons. The standard InChI is InChI=1S/C25H22Cl2N2O4S/c1-16-13-20(14-17(2)24(16)27)33-12-11-29-22-6-4-3-5-18(22)15-23(29)25(30)28-34(31,32)21-9-7-19(26)8-10-21/h3-10,13-15H,11-12H2,1-2H3,(H,28,30). The highest BCUT2D eigenvalue weighted by Crippen LogP contribution is 2.26. The van der Waals surface area contributed by atoms with Gasteiger partial charge in [0.15, 0.2) is 0 Å². The molecule has 4 rings (SSSR count). The third-order valence-corrected chi connectivity index (χ3v) is 7.58. The summed E-state index contributed by atoms with van der Waals surface area (Å²) in [6.45, 7) is 4.41. The lowest BCUT2D eigenvalue weighted by atomic mass is 10.1. The Morgan fingerprint density at radius 2 is 1.62 bits per heavy atom. The van der Waals surface area contributed by atoms with Gasteiger partial charge >= 0.3 is 0 Å². The summed E-state index contributed by atoms with van der Waals surface area (Å²) in [4.78, 5) is 13.0. The third kappa shape index (κ3) is 5.06. The minimum Gasteiger partial charge on any atom is -0.492 e. The first-order valence-electron chi connectivity index (χ1n) is 10.5. The number of fused-ring (bicyclic) bond motifs is 1. The minimum atomic E-state index is -4.07. The molecule has 1 amide bonds. The first-order chi connectivity index (χ1) is 16.2. The van der Waals surface area contributed by atoms with E-state index in [1.807, 2.05) is 50.2 Å². The van der Waals surface area contributed by atoms with Crippen LogP contribution < -0.4 is 9.46 Å². The number of hydrogen-bond donors (Lipinski definition) is 1. The van der Waals surface area contributed by atoms with E-state index in [-0.39, 0.29) is 17.2 Å². The number of halogens is 2. The Morgan fingerprint density at radius 1 is 0.971 bits per heavy atom. The van der Waals surface area contributed by atoms with Gasteiger partial charge in [-0.1, -0.05) is 41.4 Å². The van der Waals surface area contributed by atoms with E-state index in [0.717, 1.165) is 22.0 Å². The van der Waals surface area contributed by atoms with Gasteiger partial charge in [0.25, 0.3) is 15.9 Å². The number of aromatic nitrogens is 1. The zero-order chi connectivity index (χ0) is 24.5. The van der Waals surface area contributed by atoms with E-state index in [1.54, 1.807) is 10.6 Å². The van der Waals surface area contributed by atoms with Gasteiger partial charge in [-0.05, 0) is 73.5 Å². The molecule has 0 radical (unpaired) electrons. The van der Waals surface area contributed by atoms with Crippen molar-refractivity contribution in [3.8, 4) is 5.75 Å². The monoisotopic (exact) mass is 516 g/mol. The number of amides is 1. The average molecular weight is 517 g/mol. The van der Waals surface area contributed by atoms with Crippen LogP contribution in [0.2, 0.25) is 10.0 Å². The Hall–Kier alpha value is -3.00. The molecule has 0 aliphatic heterocycles. The van der Waals surface area contributed by atoms with E-state index in [9.17, 15) is 13.2 Å². The maximum Gasteiger partial charge on any atom is 0.281 e. The second-order valence-electron chi connectivity index (χ2n) is 7.85. The lowest BCUT2D eigenvalue weighted by molar-refractivity contribution is 0.0972. The Morgan fingerprint density at radius 3 is 2.29 bits per heavy atom. The molecule has 6 nitrogen and oxygen atoms in total. The van der Waals surface area contributed by atoms with E-state index >= 15 is 0 Å². The molecule has 1 N–H and O–H groups in total. The molecule has 0 saturated carbocycles. The van der Waals surface area contributed by atoms with Gasteiger partial charge in [-0.2, -0.15) is 0 Å². The Labute approximate surface area is 208 Å². The molecule has 1 aromatic heterocycles. The van der Waals surface area contributed by atoms with Gasteiger partial charge in [-0.15, -0.1) is 0 Å². The highest BCUT2D eigenvalue weighted by molar-refractivity contribution is 7.90. The molecule has 0 saturated heterocycles. The van der Waals surface area contributed by atoms with Crippen LogP contribution in [0.1, 0.15) is 21.6 Å². The summed E-state index contributed by atoms with van der Waals surface area (Å²) in [5, 5.41) is 1.91. The molecule has 34 heavy (non-hydrogen) atoms. The summed E-state index contributed by atoms with van der Waals surface area (Å²) >= 11 is 12.1. The molecule has 0 unspecified atom stereocenters. The number of hydrogen-bond acceptors (Lipinski definition) is 4. The maximum atomic E-state index is 13.1. The van der Waals surface area contributed by atoms with Crippen molar-refractivity contribution in [1.82, 2.24) is 9.29 Å². The number of carbonyl (C=O) groups excluding carboxylic acids is 1. The molecule has 0 aliphatic carbocycles. The smallest absolute Gasteiger partial charge is 0.281 e. The van der Waals surface area contributed by atoms with Crippen LogP contribution in [-0.4, -0.2) is 25.5 Å². The first-order valence-corrected chi connectivity index (χ1v) is 12.7. The van der Waals surface area contributed by atoms with Gasteiger partial charge < -0.3 is 9.30 Å². The largest absolute Gasteiger partial charge is 0.492 e. The fourth-order valence-corrected chi connectivity index (χ4v) is 4.93. The van der Waals surface area contributed by atoms with Gasteiger partial charge in [-0.3, -0.25) is 4.79 Å². The summed E-state index contributed by atoms with van der Waals surface area (Å²) in [6.07, 6.45) is 0. The van der Waals surface area contributed by atoms with Crippen LogP contribution in [0.5, 0.6) is 5.75 Å². The molecular weight excluding hydrogens is 495 g/mol. The average Bonchev–Trinajstić information content (AvgIpc) is 3.16. The minimum absolute atomic E-state index is 0.0512. The summed E-state index contributed by atoms with van der Waals surface area (Å²) in [5.41, 5.74) is 2.83. The maximum absolute atomic E-state index is 13.1. The van der Waals surface area contributed by atoms with Crippen molar-refractivity contribution in [1.29, 1.82) is 0 Å². The molecule has 1 heterocycles. The molecule has 4 aromatic rings. The third-order valence-electron chi connectivity index (χ3n) is 5.39. The van der Waals surface area contributed by atoms with Crippen LogP contribution in [0, 0.1) is 13.8 Å². The molecule has 0 fully saturated rings. The van der Waals surface area contributed by atoms with E-state index in [1.165, 1.54) is 24.3 Å². The topological polar surface area (TPSA) is 77.4 Å². The number of nitrogens with one attached hydrogen (secondary N) is 1. The van der Waals surface area contributed by atoms with Crippen LogP contribution in [0.4, 0.5) is 0 Å². The number of benzene rings is 3. The second-order valence-corrected chi connectivity index (χ2v) is 10.3. The molecule has 9 heteroatoms. The number of ether oxygens (including phenoxy) is 1. The molecule has 0 spiro atoms. The summed E-state index contributed by atoms with van der Waals surface area (Å²) in [6, 6.07) is 18.4. The van der Waals surface area contributed by atoms with Gasteiger partial charge in [0.05, 0.1) is 11.4 Å². The van der Waals surface area contributed by atoms with Crippen LogP contribution in [0.15, 0.2) is 71.6 Å². The van der Waals surface area contributed by atoms with E-state index in [2.05, 4.69) is 4.72 Å². The van der Waals surface area contributed by atoms with Crippen LogP contribution >= 0.6 is 23.2 Å². The highest BCUT2D eigenvalue weighted by atomic mass is 35.5. The number of sulfonamides is 1. The molecule has 0 aliphatic rings. The predicted molar refractivity (Wildman–Crippen MR) is 134 cm³/mol. The summed E-state index contributed by atoms with van der Waals surface area (Å²) in [5.74, 6) is -0.0588. The molecule has 0 atom stereocenters. The number of para-hydroxylation sites is 1. The van der Waals surface area contributed by atoms with Crippen molar-refractivity contribution in [2.45, 2.75) is 25.3 Å². The van der Waals surface area contributed by atoms with Gasteiger partial charge in [0.2, 0.25) is 0 Å². The summed E-state index contributed by atoms with van der Waals surface area (Å²) in [7, 11) is -4.07. The Balaban J connectivity index is 1.58. The normalized spacial score (nSPS) is 11.5. The predicted octanol–water partition coefficient (Wildman–Crippen LogP) is 5.76. The van der Waals surface area contributed by atoms with Crippen LogP contribution in [0.3, 0.4) is 0 Å². The van der Waals surface area contributed by atoms with Gasteiger partial charge in [0.1, 0.15) is 18.1 Å². The zero-order valence-corrected chi connectivity index (χ0v) is 20.8. The summed E-state index contributed by atoms with van der Waals surface area (Å²) < 4.78 is 35.3. The zero-order valence-electron chi connectivity index (χ0n) is 18.5. The lowest BCUT2D eigenvalue weighted by Gasteiger charge is -2.14. The van der Waals surface area contributed by atoms with Crippen molar-refractivity contribution < 1.29 is 17.9 Å². The van der Waals surface area contributed by atoms with Crippen LogP contribution in [0.25, 0.3) is 10.9 Å². The molecule has 0 bridgehead atoms. The Bertz CT molecular complexity index is 1460. The van der Waals surface area contributed by atoms with Crippen molar-refractivity contribution >= 4 is 50.0 Å². The SMILES string of the molecule is Cc1cc(OCCn2c(C(=O)NS(=O)(=O)c3ccc(Cl)cc3)cc3ccccc32)cc(C)c1Cl. The van der Waals surface area contributed by atoms with Gasteiger partial charge in [0, 0.05) is 20.9 Å². The van der Waals surface area contributed by atoms with Crippen molar-refractivity contribution in [3.05, 3.63) is 93.6 Å². The van der Waals surface area contributed by atoms with Crippen molar-refractivity contribution in [3.63, 3.8) is 0 Å². The number of rotatable bonds is 7. The molecular formula is C25H22Cl2N2O4S. The first kappa shape index (κ1) is 24.1.